The Morgan fingerprint density at radius 2 is 2.00 bits per heavy atom. The summed E-state index contributed by atoms with van der Waals surface area (Å²) in [5.41, 5.74) is 2.21. The summed E-state index contributed by atoms with van der Waals surface area (Å²) in [4.78, 5) is 0.187. The number of aryl methyl sites for hydroxylation is 2. The van der Waals surface area contributed by atoms with E-state index in [4.69, 9.17) is 4.74 Å². The summed E-state index contributed by atoms with van der Waals surface area (Å²) in [5.74, 6) is -0.333. The van der Waals surface area contributed by atoms with Gasteiger partial charge in [0.2, 0.25) is 10.0 Å². The van der Waals surface area contributed by atoms with Crippen LogP contribution in [-0.4, -0.2) is 53.4 Å². The molecule has 3 atom stereocenters. The number of ether oxygens (including phenoxy) is 1. The third-order valence-electron chi connectivity index (χ3n) is 5.77. The zero-order valence-electron chi connectivity index (χ0n) is 18.3. The van der Waals surface area contributed by atoms with Crippen LogP contribution in [0.25, 0.3) is 11.3 Å². The van der Waals surface area contributed by atoms with Gasteiger partial charge in [-0.2, -0.15) is 0 Å². The molecule has 1 aromatic heterocycles. The molecule has 8 nitrogen and oxygen atoms in total. The molecule has 3 aromatic rings. The maximum absolute atomic E-state index is 13.4. The van der Waals surface area contributed by atoms with Crippen molar-refractivity contribution in [3.05, 3.63) is 66.1 Å². The fourth-order valence-electron chi connectivity index (χ4n) is 3.93. The highest BCUT2D eigenvalue weighted by atomic mass is 32.2. The molecule has 1 aliphatic rings. The molecule has 176 valence electrons. The van der Waals surface area contributed by atoms with E-state index in [1.807, 2.05) is 6.92 Å². The minimum Gasteiger partial charge on any atom is -0.394 e. The smallest absolute Gasteiger partial charge is 0.240 e. The normalized spacial score (nSPS) is 21.2. The number of nitrogens with zero attached hydrogens (tertiary/aromatic N) is 3. The van der Waals surface area contributed by atoms with Crippen molar-refractivity contribution in [1.82, 2.24) is 19.7 Å². The SMILES string of the molecule is Cc1ccc(S(=O)(=O)N[C@H]2CC[C@@H](CCn3cc(-c4cccc(F)c4)nn3)O[C@@H]2CO)cc1. The predicted molar refractivity (Wildman–Crippen MR) is 120 cm³/mol. The van der Waals surface area contributed by atoms with Crippen molar-refractivity contribution >= 4 is 10.0 Å². The monoisotopic (exact) mass is 474 g/mol. The van der Waals surface area contributed by atoms with E-state index in [0.717, 1.165) is 5.56 Å². The molecule has 4 rings (SSSR count). The van der Waals surface area contributed by atoms with Crippen molar-refractivity contribution < 1.29 is 22.7 Å². The molecule has 33 heavy (non-hydrogen) atoms. The molecule has 2 heterocycles. The van der Waals surface area contributed by atoms with Gasteiger partial charge in [0.05, 0.1) is 35.9 Å². The molecule has 1 aliphatic heterocycles. The van der Waals surface area contributed by atoms with Gasteiger partial charge in [0.1, 0.15) is 11.5 Å². The Balaban J connectivity index is 1.33. The van der Waals surface area contributed by atoms with Gasteiger partial charge in [0.15, 0.2) is 0 Å². The number of nitrogens with one attached hydrogen (secondary N) is 1. The Labute approximate surface area is 192 Å². The summed E-state index contributed by atoms with van der Waals surface area (Å²) < 4.78 is 49.2. The quantitative estimate of drug-likeness (QED) is 0.520. The van der Waals surface area contributed by atoms with Crippen LogP contribution in [0.3, 0.4) is 0 Å². The molecule has 0 aliphatic carbocycles. The Kier molecular flexibility index (Phi) is 7.18. The molecule has 0 unspecified atom stereocenters. The predicted octanol–water partition coefficient (Wildman–Crippen LogP) is 2.67. The average Bonchev–Trinajstić information content (AvgIpc) is 3.28. The zero-order valence-corrected chi connectivity index (χ0v) is 19.1. The summed E-state index contributed by atoms with van der Waals surface area (Å²) in [5, 5.41) is 18.0. The van der Waals surface area contributed by atoms with Crippen LogP contribution < -0.4 is 4.72 Å². The summed E-state index contributed by atoms with van der Waals surface area (Å²) in [6.07, 6.45) is 2.78. The third kappa shape index (κ3) is 5.83. The second kappa shape index (κ2) is 10.1. The Bertz CT molecular complexity index is 1180. The molecule has 0 saturated carbocycles. The number of aromatic nitrogens is 3. The molecular formula is C23H27FN4O4S. The fraction of sp³-hybridized carbons (Fsp3) is 0.391. The van der Waals surface area contributed by atoms with Gasteiger partial charge in [0.25, 0.3) is 0 Å². The number of halogens is 1. The lowest BCUT2D eigenvalue weighted by atomic mass is 9.98. The molecule has 0 amide bonds. The van der Waals surface area contributed by atoms with Crippen molar-refractivity contribution in [2.24, 2.45) is 0 Å². The summed E-state index contributed by atoms with van der Waals surface area (Å²) in [7, 11) is -3.71. The number of hydrogen-bond donors (Lipinski definition) is 2. The van der Waals surface area contributed by atoms with E-state index in [2.05, 4.69) is 15.0 Å². The fourth-order valence-corrected chi connectivity index (χ4v) is 5.23. The van der Waals surface area contributed by atoms with E-state index in [-0.39, 0.29) is 23.4 Å². The highest BCUT2D eigenvalue weighted by molar-refractivity contribution is 7.89. The highest BCUT2D eigenvalue weighted by Gasteiger charge is 2.33. The molecular weight excluding hydrogens is 447 g/mol. The van der Waals surface area contributed by atoms with Gasteiger partial charge in [-0.3, -0.25) is 4.68 Å². The number of hydrogen-bond acceptors (Lipinski definition) is 6. The molecule has 1 fully saturated rings. The molecule has 2 N–H and O–H groups in total. The molecule has 10 heteroatoms. The van der Waals surface area contributed by atoms with E-state index in [0.29, 0.717) is 37.1 Å². The number of benzene rings is 2. The lowest BCUT2D eigenvalue weighted by molar-refractivity contribution is -0.0891. The van der Waals surface area contributed by atoms with Gasteiger partial charge < -0.3 is 9.84 Å². The van der Waals surface area contributed by atoms with Crippen molar-refractivity contribution in [3.8, 4) is 11.3 Å². The zero-order chi connectivity index (χ0) is 23.4. The van der Waals surface area contributed by atoms with Crippen LogP contribution in [-0.2, 0) is 21.3 Å². The average molecular weight is 475 g/mol. The van der Waals surface area contributed by atoms with Gasteiger partial charge in [-0.15, -0.1) is 5.10 Å². The van der Waals surface area contributed by atoms with Gasteiger partial charge in [-0.25, -0.2) is 17.5 Å². The van der Waals surface area contributed by atoms with Crippen molar-refractivity contribution in [2.45, 2.75) is 55.9 Å². The van der Waals surface area contributed by atoms with Gasteiger partial charge in [-0.05, 0) is 50.5 Å². The van der Waals surface area contributed by atoms with Crippen molar-refractivity contribution in [2.75, 3.05) is 6.61 Å². The van der Waals surface area contributed by atoms with Crippen LogP contribution in [0.1, 0.15) is 24.8 Å². The van der Waals surface area contributed by atoms with Gasteiger partial charge in [0, 0.05) is 12.1 Å². The number of rotatable bonds is 8. The van der Waals surface area contributed by atoms with E-state index in [9.17, 15) is 17.9 Å². The number of sulfonamides is 1. The first-order valence-electron chi connectivity index (χ1n) is 10.9. The summed E-state index contributed by atoms with van der Waals surface area (Å²) in [6.45, 7) is 2.14. The Morgan fingerprint density at radius 1 is 1.21 bits per heavy atom. The Morgan fingerprint density at radius 3 is 2.73 bits per heavy atom. The van der Waals surface area contributed by atoms with Crippen molar-refractivity contribution in [3.63, 3.8) is 0 Å². The van der Waals surface area contributed by atoms with Crippen LogP contribution in [0.5, 0.6) is 0 Å². The van der Waals surface area contributed by atoms with Crippen LogP contribution in [0, 0.1) is 12.7 Å². The van der Waals surface area contributed by atoms with Crippen LogP contribution >= 0.6 is 0 Å². The van der Waals surface area contributed by atoms with Crippen LogP contribution in [0.15, 0.2) is 59.6 Å². The van der Waals surface area contributed by atoms with Crippen LogP contribution in [0.4, 0.5) is 4.39 Å². The lowest BCUT2D eigenvalue weighted by Crippen LogP contribution is -2.50. The molecule has 2 aromatic carbocycles. The first-order chi connectivity index (χ1) is 15.8. The van der Waals surface area contributed by atoms with E-state index in [1.54, 1.807) is 47.3 Å². The van der Waals surface area contributed by atoms with Crippen LogP contribution in [0.2, 0.25) is 0 Å². The molecule has 0 bridgehead atoms. The maximum Gasteiger partial charge on any atom is 0.240 e. The summed E-state index contributed by atoms with van der Waals surface area (Å²) >= 11 is 0. The standard InChI is InChI=1S/C23H27FN4O4S/c1-16-5-8-20(9-6-16)33(30,31)26-21-10-7-19(32-23(21)15-29)11-12-28-14-22(25-27-28)17-3-2-4-18(24)13-17/h2-6,8-9,13-14,19,21,23,26,29H,7,10-12,15H2,1H3/t19-,21-,23+/m0/s1. The van der Waals surface area contributed by atoms with E-state index >= 15 is 0 Å². The minimum atomic E-state index is -3.71. The van der Waals surface area contributed by atoms with Gasteiger partial charge >= 0.3 is 0 Å². The maximum atomic E-state index is 13.4. The largest absolute Gasteiger partial charge is 0.394 e. The van der Waals surface area contributed by atoms with Gasteiger partial charge in [-0.1, -0.05) is 35.0 Å². The molecule has 0 spiro atoms. The van der Waals surface area contributed by atoms with Crippen molar-refractivity contribution in [1.29, 1.82) is 0 Å². The summed E-state index contributed by atoms with van der Waals surface area (Å²) in [6, 6.07) is 12.3. The van der Waals surface area contributed by atoms with E-state index in [1.165, 1.54) is 12.1 Å². The Hall–Kier alpha value is -2.66. The highest BCUT2D eigenvalue weighted by Crippen LogP contribution is 2.24. The first kappa shape index (κ1) is 23.5. The van der Waals surface area contributed by atoms with E-state index < -0.39 is 22.2 Å². The minimum absolute atomic E-state index is 0.149. The first-order valence-corrected chi connectivity index (χ1v) is 12.3. The number of aliphatic hydroxyl groups is 1. The molecule has 0 radical (unpaired) electrons. The lowest BCUT2D eigenvalue weighted by Gasteiger charge is -2.36. The topological polar surface area (TPSA) is 106 Å². The number of aliphatic hydroxyl groups excluding tert-OH is 1. The third-order valence-corrected chi connectivity index (χ3v) is 7.28. The molecule has 1 saturated heterocycles. The second-order valence-electron chi connectivity index (χ2n) is 8.26. The second-order valence-corrected chi connectivity index (χ2v) is 9.98.